The highest BCUT2D eigenvalue weighted by molar-refractivity contribution is 5.47. The average Bonchev–Trinajstić information content (AvgIpc) is 3.13. The fourth-order valence-corrected chi connectivity index (χ4v) is 2.90. The number of hydrogen-bond acceptors (Lipinski definition) is 8. The van der Waals surface area contributed by atoms with Crippen molar-refractivity contribution >= 4 is 17.6 Å². The van der Waals surface area contributed by atoms with Gasteiger partial charge in [0.05, 0.1) is 17.9 Å². The summed E-state index contributed by atoms with van der Waals surface area (Å²) in [7, 11) is 0. The third-order valence-corrected chi connectivity index (χ3v) is 3.93. The average molecular weight is 320 g/mol. The van der Waals surface area contributed by atoms with Crippen LogP contribution in [0.4, 0.5) is 17.6 Å². The topological polar surface area (TPSA) is 92.6 Å². The molecular formula is C16H16N8. The molecule has 0 spiro atoms. The van der Waals surface area contributed by atoms with E-state index in [2.05, 4.69) is 40.1 Å². The Hall–Kier alpha value is -3.16. The summed E-state index contributed by atoms with van der Waals surface area (Å²) in [5.41, 5.74) is 0.965. The van der Waals surface area contributed by atoms with Crippen LogP contribution in [0.5, 0.6) is 0 Å². The molecule has 3 aromatic heterocycles. The van der Waals surface area contributed by atoms with E-state index < -0.39 is 0 Å². The summed E-state index contributed by atoms with van der Waals surface area (Å²) >= 11 is 0. The molecule has 1 saturated heterocycles. The molecule has 3 aromatic rings. The van der Waals surface area contributed by atoms with Gasteiger partial charge in [0.2, 0.25) is 5.95 Å². The highest BCUT2D eigenvalue weighted by Gasteiger charge is 2.28. The summed E-state index contributed by atoms with van der Waals surface area (Å²) in [5, 5.41) is 3.08. The summed E-state index contributed by atoms with van der Waals surface area (Å²) in [4.78, 5) is 27.7. The van der Waals surface area contributed by atoms with E-state index in [-0.39, 0.29) is 6.04 Å². The number of nitrogens with zero attached hydrogens (tertiary/aromatic N) is 7. The lowest BCUT2D eigenvalue weighted by Crippen LogP contribution is -2.24. The first kappa shape index (κ1) is 14.4. The number of rotatable bonds is 4. The highest BCUT2D eigenvalue weighted by Crippen LogP contribution is 2.34. The molecule has 0 radical (unpaired) electrons. The van der Waals surface area contributed by atoms with E-state index in [1.165, 1.54) is 0 Å². The fourth-order valence-electron chi connectivity index (χ4n) is 2.90. The fraction of sp³-hybridized carbons (Fsp3) is 0.250. The molecule has 4 rings (SSSR count). The van der Waals surface area contributed by atoms with Crippen molar-refractivity contribution in [2.24, 2.45) is 0 Å². The Labute approximate surface area is 139 Å². The predicted octanol–water partition coefficient (Wildman–Crippen LogP) is 2.14. The summed E-state index contributed by atoms with van der Waals surface area (Å²) in [5.74, 6) is 2.06. The van der Waals surface area contributed by atoms with Gasteiger partial charge in [-0.3, -0.25) is 4.98 Å². The summed E-state index contributed by atoms with van der Waals surface area (Å²) in [6, 6.07) is 4.06. The molecule has 1 aliphatic rings. The van der Waals surface area contributed by atoms with Crippen molar-refractivity contribution in [2.75, 3.05) is 16.8 Å². The molecule has 0 amide bonds. The zero-order valence-electron chi connectivity index (χ0n) is 12.9. The predicted molar refractivity (Wildman–Crippen MR) is 88.7 cm³/mol. The van der Waals surface area contributed by atoms with Crippen LogP contribution in [0.25, 0.3) is 0 Å². The summed E-state index contributed by atoms with van der Waals surface area (Å²) in [6.07, 6.45) is 12.1. The van der Waals surface area contributed by atoms with Crippen molar-refractivity contribution in [3.8, 4) is 0 Å². The number of anilines is 3. The summed E-state index contributed by atoms with van der Waals surface area (Å²) < 4.78 is 0. The van der Waals surface area contributed by atoms with Gasteiger partial charge in [0.25, 0.3) is 0 Å². The van der Waals surface area contributed by atoms with E-state index in [0.717, 1.165) is 30.9 Å². The van der Waals surface area contributed by atoms with Crippen LogP contribution in [-0.4, -0.2) is 36.4 Å². The molecule has 0 bridgehead atoms. The van der Waals surface area contributed by atoms with Gasteiger partial charge in [0, 0.05) is 31.3 Å². The Kier molecular flexibility index (Phi) is 3.93. The molecule has 1 unspecified atom stereocenters. The number of hydrogen-bond donors (Lipinski definition) is 1. The molecule has 0 aliphatic carbocycles. The Morgan fingerprint density at radius 3 is 2.83 bits per heavy atom. The molecule has 120 valence electrons. The molecule has 24 heavy (non-hydrogen) atoms. The van der Waals surface area contributed by atoms with Gasteiger partial charge in [-0.15, -0.1) is 0 Å². The van der Waals surface area contributed by atoms with Gasteiger partial charge < -0.3 is 10.2 Å². The Balaban J connectivity index is 1.58. The quantitative estimate of drug-likeness (QED) is 0.781. The van der Waals surface area contributed by atoms with Crippen LogP contribution in [0.1, 0.15) is 24.6 Å². The Morgan fingerprint density at radius 2 is 2.00 bits per heavy atom. The first-order chi connectivity index (χ1) is 11.9. The van der Waals surface area contributed by atoms with Crippen LogP contribution in [0.15, 0.2) is 49.4 Å². The van der Waals surface area contributed by atoms with Crippen LogP contribution in [0.2, 0.25) is 0 Å². The van der Waals surface area contributed by atoms with Gasteiger partial charge >= 0.3 is 0 Å². The maximum atomic E-state index is 4.65. The zero-order valence-corrected chi connectivity index (χ0v) is 12.9. The number of aromatic nitrogens is 6. The molecule has 0 aromatic carbocycles. The lowest BCUT2D eigenvalue weighted by Gasteiger charge is -2.25. The lowest BCUT2D eigenvalue weighted by atomic mass is 10.1. The van der Waals surface area contributed by atoms with Gasteiger partial charge in [-0.05, 0) is 25.0 Å². The van der Waals surface area contributed by atoms with Crippen molar-refractivity contribution in [1.29, 1.82) is 0 Å². The molecule has 1 fully saturated rings. The first-order valence-electron chi connectivity index (χ1n) is 7.79. The van der Waals surface area contributed by atoms with E-state index in [9.17, 15) is 0 Å². The van der Waals surface area contributed by atoms with Crippen LogP contribution >= 0.6 is 0 Å². The molecule has 1 aliphatic heterocycles. The van der Waals surface area contributed by atoms with Crippen molar-refractivity contribution in [2.45, 2.75) is 18.9 Å². The van der Waals surface area contributed by atoms with Crippen LogP contribution in [0, 0.1) is 0 Å². The van der Waals surface area contributed by atoms with Gasteiger partial charge in [-0.1, -0.05) is 0 Å². The third kappa shape index (κ3) is 2.98. The van der Waals surface area contributed by atoms with E-state index >= 15 is 0 Å². The molecule has 4 heterocycles. The van der Waals surface area contributed by atoms with E-state index in [4.69, 9.17) is 0 Å². The standard InChI is InChI=1S/C16H16N8/c1-2-13(24(9-1)15-4-5-18-11-21-15)12-3-6-20-16(22-12)23-14-10-17-7-8-19-14/h3-8,10-11,13H,1-2,9H2,(H,19,20,22,23). The second-order valence-corrected chi connectivity index (χ2v) is 5.44. The maximum Gasteiger partial charge on any atom is 0.228 e. The smallest absolute Gasteiger partial charge is 0.228 e. The van der Waals surface area contributed by atoms with Crippen LogP contribution in [-0.2, 0) is 0 Å². The molecule has 0 saturated carbocycles. The van der Waals surface area contributed by atoms with Gasteiger partial charge in [-0.2, -0.15) is 0 Å². The molecule has 1 atom stereocenters. The minimum atomic E-state index is 0.185. The van der Waals surface area contributed by atoms with Crippen LogP contribution in [0.3, 0.4) is 0 Å². The molecule has 8 heteroatoms. The SMILES string of the molecule is c1cc(N2CCCC2c2ccnc(Nc3cnccn3)n2)ncn1. The Bertz CT molecular complexity index is 795. The summed E-state index contributed by atoms with van der Waals surface area (Å²) in [6.45, 7) is 0.957. The van der Waals surface area contributed by atoms with Crippen molar-refractivity contribution in [3.05, 3.63) is 55.1 Å². The largest absolute Gasteiger partial charge is 0.348 e. The van der Waals surface area contributed by atoms with Gasteiger partial charge in [0.1, 0.15) is 12.1 Å². The van der Waals surface area contributed by atoms with Gasteiger partial charge in [-0.25, -0.2) is 24.9 Å². The zero-order chi connectivity index (χ0) is 16.2. The molecule has 8 nitrogen and oxygen atoms in total. The monoisotopic (exact) mass is 320 g/mol. The first-order valence-corrected chi connectivity index (χ1v) is 7.79. The minimum Gasteiger partial charge on any atom is -0.348 e. The van der Waals surface area contributed by atoms with Gasteiger partial charge in [0.15, 0.2) is 5.82 Å². The maximum absolute atomic E-state index is 4.65. The van der Waals surface area contributed by atoms with E-state index in [1.54, 1.807) is 37.3 Å². The lowest BCUT2D eigenvalue weighted by molar-refractivity contribution is 0.685. The normalized spacial score (nSPS) is 17.0. The van der Waals surface area contributed by atoms with E-state index in [0.29, 0.717) is 11.8 Å². The second kappa shape index (κ2) is 6.53. The van der Waals surface area contributed by atoms with Crippen LogP contribution < -0.4 is 10.2 Å². The minimum absolute atomic E-state index is 0.185. The van der Waals surface area contributed by atoms with Crippen molar-refractivity contribution < 1.29 is 0 Å². The number of nitrogens with one attached hydrogen (secondary N) is 1. The molecular weight excluding hydrogens is 304 g/mol. The molecule has 1 N–H and O–H groups in total. The third-order valence-electron chi connectivity index (χ3n) is 3.93. The Morgan fingerprint density at radius 1 is 1.00 bits per heavy atom. The van der Waals surface area contributed by atoms with Crippen molar-refractivity contribution in [3.63, 3.8) is 0 Å². The highest BCUT2D eigenvalue weighted by atomic mass is 15.2. The van der Waals surface area contributed by atoms with E-state index in [1.807, 2.05) is 12.1 Å². The van der Waals surface area contributed by atoms with Crippen molar-refractivity contribution in [1.82, 2.24) is 29.9 Å². The second-order valence-electron chi connectivity index (χ2n) is 5.44.